The van der Waals surface area contributed by atoms with Crippen LogP contribution in [0.1, 0.15) is 41.7 Å². The minimum Gasteiger partial charge on any atom is -0.481 e. The van der Waals surface area contributed by atoms with E-state index in [2.05, 4.69) is 25.3 Å². The third-order valence-corrected chi connectivity index (χ3v) is 5.10. The summed E-state index contributed by atoms with van der Waals surface area (Å²) in [6.07, 6.45) is 5.37. The molecular weight excluding hydrogens is 391 g/mol. The zero-order chi connectivity index (χ0) is 21.3. The van der Waals surface area contributed by atoms with Gasteiger partial charge in [-0.05, 0) is 31.9 Å². The second-order valence-corrected chi connectivity index (χ2v) is 7.27. The summed E-state index contributed by atoms with van der Waals surface area (Å²) in [6, 6.07) is 3.12. The molecule has 0 spiro atoms. The molecular formula is C20H23FN6O3. The molecule has 3 aromatic heterocycles. The van der Waals surface area contributed by atoms with Crippen molar-refractivity contribution in [1.29, 1.82) is 0 Å². The predicted octanol–water partition coefficient (Wildman–Crippen LogP) is 1.72. The van der Waals surface area contributed by atoms with Gasteiger partial charge in [-0.15, -0.1) is 0 Å². The lowest BCUT2D eigenvalue weighted by Gasteiger charge is -2.26. The van der Waals surface area contributed by atoms with Crippen molar-refractivity contribution in [2.75, 3.05) is 25.1 Å². The lowest BCUT2D eigenvalue weighted by atomic mass is 10.1. The van der Waals surface area contributed by atoms with Gasteiger partial charge < -0.3 is 20.1 Å². The van der Waals surface area contributed by atoms with E-state index in [4.69, 9.17) is 4.74 Å². The van der Waals surface area contributed by atoms with Crippen molar-refractivity contribution in [2.24, 2.45) is 0 Å². The molecule has 1 fully saturated rings. The lowest BCUT2D eigenvalue weighted by molar-refractivity contribution is 0.0925. The fraction of sp³-hybridized carbons (Fsp3) is 0.400. The van der Waals surface area contributed by atoms with Crippen LogP contribution in [0.4, 0.5) is 10.2 Å². The summed E-state index contributed by atoms with van der Waals surface area (Å²) in [5.74, 6) is 0.261. The van der Waals surface area contributed by atoms with E-state index in [1.165, 1.54) is 23.9 Å². The number of rotatable bonds is 6. The summed E-state index contributed by atoms with van der Waals surface area (Å²) in [4.78, 5) is 23.2. The van der Waals surface area contributed by atoms with E-state index in [0.717, 1.165) is 25.6 Å². The second-order valence-electron chi connectivity index (χ2n) is 7.27. The number of methoxy groups -OCH3 is 1. The summed E-state index contributed by atoms with van der Waals surface area (Å²) in [7, 11) is 1.51. The average molecular weight is 414 g/mol. The number of hydrogen-bond donors (Lipinski definition) is 2. The van der Waals surface area contributed by atoms with Gasteiger partial charge in [0.2, 0.25) is 5.88 Å². The number of anilines is 1. The van der Waals surface area contributed by atoms with Gasteiger partial charge in [0, 0.05) is 24.8 Å². The van der Waals surface area contributed by atoms with E-state index in [-0.39, 0.29) is 18.5 Å². The fourth-order valence-electron chi connectivity index (χ4n) is 3.73. The zero-order valence-corrected chi connectivity index (χ0v) is 16.7. The van der Waals surface area contributed by atoms with Crippen molar-refractivity contribution in [3.05, 3.63) is 47.7 Å². The number of nitrogens with one attached hydrogen (secondary N) is 1. The molecule has 1 aliphatic heterocycles. The highest BCUT2D eigenvalue weighted by molar-refractivity contribution is 5.99. The van der Waals surface area contributed by atoms with Crippen LogP contribution in [-0.4, -0.2) is 56.9 Å². The van der Waals surface area contributed by atoms with Gasteiger partial charge >= 0.3 is 0 Å². The third kappa shape index (κ3) is 3.78. The van der Waals surface area contributed by atoms with Gasteiger partial charge in [-0.1, -0.05) is 0 Å². The molecule has 2 atom stereocenters. The molecule has 158 valence electrons. The Labute approximate surface area is 172 Å². The monoisotopic (exact) mass is 414 g/mol. The van der Waals surface area contributed by atoms with Gasteiger partial charge in [-0.2, -0.15) is 5.10 Å². The maximum Gasteiger partial charge on any atom is 0.256 e. The Bertz CT molecular complexity index is 1070. The van der Waals surface area contributed by atoms with Crippen LogP contribution in [-0.2, 0) is 0 Å². The van der Waals surface area contributed by atoms with E-state index in [9.17, 15) is 14.3 Å². The minimum absolute atomic E-state index is 0.135. The number of ether oxygens (including phenoxy) is 1. The molecule has 1 unspecified atom stereocenters. The van der Waals surface area contributed by atoms with Crippen LogP contribution < -0.4 is 15.0 Å². The molecule has 0 bridgehead atoms. The lowest BCUT2D eigenvalue weighted by Crippen LogP contribution is -2.30. The van der Waals surface area contributed by atoms with Gasteiger partial charge in [0.15, 0.2) is 5.65 Å². The quantitative estimate of drug-likeness (QED) is 0.633. The van der Waals surface area contributed by atoms with Crippen molar-refractivity contribution >= 4 is 17.4 Å². The molecule has 0 radical (unpaired) electrons. The molecule has 1 aliphatic rings. The summed E-state index contributed by atoms with van der Waals surface area (Å²) in [6.45, 7) is 2.46. The van der Waals surface area contributed by atoms with Crippen LogP contribution in [0, 0.1) is 5.82 Å². The van der Waals surface area contributed by atoms with Gasteiger partial charge in [-0.25, -0.2) is 18.9 Å². The van der Waals surface area contributed by atoms with E-state index in [0.29, 0.717) is 28.5 Å². The Balaban J connectivity index is 1.68. The standard InChI is InChI=1S/C20H23FN6O3/c1-12(28)9-22-19(29)15-11-24-27-7-5-17(25-18(15)27)26-6-3-4-16(26)14-8-13(21)10-23-20(14)30-2/h5,7-8,10-12,16,28H,3-4,6,9H2,1-2H3,(H,22,29)/t12?,16-/m1/s1. The second kappa shape index (κ2) is 8.23. The Morgan fingerprint density at radius 2 is 2.30 bits per heavy atom. The number of aliphatic hydroxyl groups excluding tert-OH is 1. The first kappa shape index (κ1) is 20.0. The molecule has 4 rings (SSSR count). The van der Waals surface area contributed by atoms with Crippen LogP contribution in [0.25, 0.3) is 5.65 Å². The number of carbonyl (C=O) groups is 1. The molecule has 1 saturated heterocycles. The van der Waals surface area contributed by atoms with Gasteiger partial charge in [0.25, 0.3) is 5.91 Å². The number of nitrogens with zero attached hydrogens (tertiary/aromatic N) is 5. The molecule has 4 heterocycles. The summed E-state index contributed by atoms with van der Waals surface area (Å²) >= 11 is 0. The molecule has 0 aliphatic carbocycles. The molecule has 10 heteroatoms. The van der Waals surface area contributed by atoms with E-state index in [1.54, 1.807) is 13.1 Å². The summed E-state index contributed by atoms with van der Waals surface area (Å²) in [5, 5.41) is 16.2. The number of hydrogen-bond acceptors (Lipinski definition) is 7. The smallest absolute Gasteiger partial charge is 0.256 e. The number of amides is 1. The van der Waals surface area contributed by atoms with Crippen LogP contribution in [0.5, 0.6) is 5.88 Å². The third-order valence-electron chi connectivity index (χ3n) is 5.10. The van der Waals surface area contributed by atoms with E-state index >= 15 is 0 Å². The van der Waals surface area contributed by atoms with Gasteiger partial charge in [-0.3, -0.25) is 4.79 Å². The summed E-state index contributed by atoms with van der Waals surface area (Å²) in [5.41, 5.74) is 1.39. The predicted molar refractivity (Wildman–Crippen MR) is 107 cm³/mol. The largest absolute Gasteiger partial charge is 0.481 e. The maximum absolute atomic E-state index is 13.9. The van der Waals surface area contributed by atoms with Gasteiger partial charge in [0.1, 0.15) is 17.2 Å². The molecule has 9 nitrogen and oxygen atoms in total. The van der Waals surface area contributed by atoms with Crippen molar-refractivity contribution in [2.45, 2.75) is 31.9 Å². The zero-order valence-electron chi connectivity index (χ0n) is 16.7. The summed E-state index contributed by atoms with van der Waals surface area (Å²) < 4.78 is 20.7. The number of halogens is 1. The molecule has 1 amide bonds. The fourth-order valence-corrected chi connectivity index (χ4v) is 3.73. The SMILES string of the molecule is COc1ncc(F)cc1[C@H]1CCCN1c1ccn2ncc(C(=O)NCC(C)O)c2n1. The maximum atomic E-state index is 13.9. The Morgan fingerprint density at radius 1 is 1.47 bits per heavy atom. The first-order chi connectivity index (χ1) is 14.5. The highest BCUT2D eigenvalue weighted by Gasteiger charge is 2.31. The molecule has 2 N–H and O–H groups in total. The Hall–Kier alpha value is -3.27. The Kier molecular flexibility index (Phi) is 5.49. The molecule has 30 heavy (non-hydrogen) atoms. The van der Waals surface area contributed by atoms with Crippen LogP contribution in [0.2, 0.25) is 0 Å². The van der Waals surface area contributed by atoms with Crippen molar-refractivity contribution < 1.29 is 19.0 Å². The number of pyridine rings is 1. The number of aromatic nitrogens is 4. The van der Waals surface area contributed by atoms with Crippen molar-refractivity contribution in [3.8, 4) is 5.88 Å². The molecule has 0 saturated carbocycles. The average Bonchev–Trinajstić information content (AvgIpc) is 3.38. The van der Waals surface area contributed by atoms with Gasteiger partial charge in [0.05, 0.1) is 31.6 Å². The first-order valence-corrected chi connectivity index (χ1v) is 9.74. The van der Waals surface area contributed by atoms with Crippen LogP contribution in [0.3, 0.4) is 0 Å². The molecule has 3 aromatic rings. The highest BCUT2D eigenvalue weighted by Crippen LogP contribution is 2.38. The first-order valence-electron chi connectivity index (χ1n) is 9.74. The van der Waals surface area contributed by atoms with Crippen LogP contribution in [0.15, 0.2) is 30.7 Å². The molecule has 0 aromatic carbocycles. The number of carbonyl (C=O) groups excluding carboxylic acids is 1. The van der Waals surface area contributed by atoms with E-state index in [1.807, 2.05) is 6.07 Å². The van der Waals surface area contributed by atoms with Crippen LogP contribution >= 0.6 is 0 Å². The normalized spacial score (nSPS) is 17.3. The topological polar surface area (TPSA) is 105 Å². The van der Waals surface area contributed by atoms with Crippen molar-refractivity contribution in [1.82, 2.24) is 24.9 Å². The number of fused-ring (bicyclic) bond motifs is 1. The highest BCUT2D eigenvalue weighted by atomic mass is 19.1. The number of aliphatic hydroxyl groups is 1. The van der Waals surface area contributed by atoms with Crippen molar-refractivity contribution in [3.63, 3.8) is 0 Å². The Morgan fingerprint density at radius 3 is 3.07 bits per heavy atom. The van der Waals surface area contributed by atoms with E-state index < -0.39 is 11.9 Å². The minimum atomic E-state index is -0.653.